The van der Waals surface area contributed by atoms with Crippen LogP contribution in [0.1, 0.15) is 38.7 Å². The van der Waals surface area contributed by atoms with Crippen molar-refractivity contribution in [3.63, 3.8) is 0 Å². The van der Waals surface area contributed by atoms with Gasteiger partial charge >= 0.3 is 0 Å². The molecule has 4 nitrogen and oxygen atoms in total. The van der Waals surface area contributed by atoms with Crippen molar-refractivity contribution >= 4 is 5.91 Å². The third kappa shape index (κ3) is 4.91. The van der Waals surface area contributed by atoms with E-state index in [-0.39, 0.29) is 23.2 Å². The van der Waals surface area contributed by atoms with Gasteiger partial charge in [-0.2, -0.15) is 0 Å². The highest BCUT2D eigenvalue weighted by Crippen LogP contribution is 2.18. The fraction of sp³-hybridized carbons (Fsp3) is 0.533. The number of benzene rings is 1. The molecule has 106 valence electrons. The summed E-state index contributed by atoms with van der Waals surface area (Å²) in [5, 5.41) is 12.1. The van der Waals surface area contributed by atoms with E-state index in [4.69, 9.17) is 4.74 Å². The molecule has 1 rings (SSSR count). The van der Waals surface area contributed by atoms with Gasteiger partial charge in [0.2, 0.25) is 5.91 Å². The number of amides is 1. The molecule has 0 bridgehead atoms. The van der Waals surface area contributed by atoms with Gasteiger partial charge in [-0.3, -0.25) is 4.79 Å². The largest absolute Gasteiger partial charge is 0.508 e. The van der Waals surface area contributed by atoms with Gasteiger partial charge < -0.3 is 15.2 Å². The Morgan fingerprint density at radius 1 is 1.37 bits per heavy atom. The number of carbonyl (C=O) groups excluding carboxylic acids is 1. The second kappa shape index (κ2) is 6.57. The third-order valence-corrected chi connectivity index (χ3v) is 3.37. The molecule has 0 unspecified atom stereocenters. The molecular weight excluding hydrogens is 242 g/mol. The number of aromatic hydroxyl groups is 1. The van der Waals surface area contributed by atoms with E-state index in [2.05, 4.69) is 5.32 Å². The molecule has 0 fully saturated rings. The molecule has 1 atom stereocenters. The average Bonchev–Trinajstić information content (AvgIpc) is 2.38. The Labute approximate surface area is 114 Å². The number of hydrogen-bond donors (Lipinski definition) is 2. The number of ether oxygens (including phenoxy) is 1. The molecule has 2 N–H and O–H groups in total. The molecule has 19 heavy (non-hydrogen) atoms. The second-order valence-corrected chi connectivity index (χ2v) is 5.32. The van der Waals surface area contributed by atoms with E-state index in [1.54, 1.807) is 31.4 Å². The van der Waals surface area contributed by atoms with Crippen LogP contribution in [0.15, 0.2) is 24.3 Å². The minimum absolute atomic E-state index is 0.0161. The summed E-state index contributed by atoms with van der Waals surface area (Å²) >= 11 is 0. The van der Waals surface area contributed by atoms with Crippen LogP contribution in [0.5, 0.6) is 5.75 Å². The van der Waals surface area contributed by atoms with Crippen molar-refractivity contribution in [3.05, 3.63) is 29.8 Å². The van der Waals surface area contributed by atoms with Gasteiger partial charge in [0.25, 0.3) is 0 Å². The molecule has 0 spiro atoms. The first kappa shape index (κ1) is 15.5. The summed E-state index contributed by atoms with van der Waals surface area (Å²) in [5.41, 5.74) is 0.663. The van der Waals surface area contributed by atoms with Crippen LogP contribution in [0, 0.1) is 0 Å². The van der Waals surface area contributed by atoms with Crippen molar-refractivity contribution in [2.45, 2.75) is 38.7 Å². The van der Waals surface area contributed by atoms with Gasteiger partial charge in [0.15, 0.2) is 0 Å². The Morgan fingerprint density at radius 2 is 1.95 bits per heavy atom. The fourth-order valence-corrected chi connectivity index (χ4v) is 1.66. The maximum atomic E-state index is 12.0. The summed E-state index contributed by atoms with van der Waals surface area (Å²) in [5.74, 6) is -0.0398. The van der Waals surface area contributed by atoms with Crippen molar-refractivity contribution in [1.82, 2.24) is 5.32 Å². The van der Waals surface area contributed by atoms with Gasteiger partial charge in [0.05, 0.1) is 11.5 Å². The van der Waals surface area contributed by atoms with Crippen LogP contribution < -0.4 is 5.32 Å². The Morgan fingerprint density at radius 3 is 2.47 bits per heavy atom. The molecule has 0 saturated heterocycles. The minimum Gasteiger partial charge on any atom is -0.508 e. The number of rotatable bonds is 6. The van der Waals surface area contributed by atoms with Gasteiger partial charge in [-0.05, 0) is 44.9 Å². The molecule has 0 aliphatic rings. The van der Waals surface area contributed by atoms with E-state index in [0.717, 1.165) is 12.0 Å². The molecule has 0 aliphatic heterocycles. The Hall–Kier alpha value is -1.55. The Balaban J connectivity index is 2.47. The molecule has 0 saturated carbocycles. The van der Waals surface area contributed by atoms with E-state index in [1.807, 2.05) is 20.8 Å². The zero-order valence-electron chi connectivity index (χ0n) is 12.1. The Bertz CT molecular complexity index is 412. The van der Waals surface area contributed by atoms with E-state index < -0.39 is 0 Å². The maximum absolute atomic E-state index is 12.0. The van der Waals surface area contributed by atoms with Crippen LogP contribution in [0.25, 0.3) is 0 Å². The number of hydrogen-bond acceptors (Lipinski definition) is 3. The van der Waals surface area contributed by atoms with Crippen LogP contribution in [0.2, 0.25) is 0 Å². The molecule has 1 aromatic carbocycles. The highest BCUT2D eigenvalue weighted by molar-refractivity contribution is 5.83. The third-order valence-electron chi connectivity index (χ3n) is 3.37. The fourth-order valence-electron chi connectivity index (χ4n) is 1.66. The van der Waals surface area contributed by atoms with Gasteiger partial charge in [0.1, 0.15) is 5.75 Å². The van der Waals surface area contributed by atoms with Gasteiger partial charge in [-0.25, -0.2) is 0 Å². The van der Waals surface area contributed by atoms with Crippen molar-refractivity contribution in [2.24, 2.45) is 0 Å². The van der Waals surface area contributed by atoms with Gasteiger partial charge in [0, 0.05) is 13.7 Å². The van der Waals surface area contributed by atoms with Crippen LogP contribution in [-0.4, -0.2) is 30.3 Å². The molecule has 0 heterocycles. The molecule has 0 radical (unpaired) electrons. The lowest BCUT2D eigenvalue weighted by molar-refractivity contribution is -0.122. The number of carbonyl (C=O) groups is 1. The highest BCUT2D eigenvalue weighted by Gasteiger charge is 2.18. The summed E-state index contributed by atoms with van der Waals surface area (Å²) in [6.45, 7) is 6.41. The van der Waals surface area contributed by atoms with Crippen LogP contribution in [0.3, 0.4) is 0 Å². The van der Waals surface area contributed by atoms with Crippen LogP contribution in [0.4, 0.5) is 0 Å². The first-order chi connectivity index (χ1) is 8.85. The van der Waals surface area contributed by atoms with Crippen molar-refractivity contribution in [2.75, 3.05) is 13.7 Å². The standard InChI is InChI=1S/C15H23NO3/c1-11(12-5-7-13(17)8-6-12)14(18)16-10-9-15(2,3)19-4/h5-8,11,17H,9-10H2,1-4H3,(H,16,18)/t11-/m1/s1. The lowest BCUT2D eigenvalue weighted by Gasteiger charge is -2.23. The predicted octanol–water partition coefficient (Wildman–Crippen LogP) is 2.43. The first-order valence-corrected chi connectivity index (χ1v) is 6.47. The average molecular weight is 265 g/mol. The monoisotopic (exact) mass is 265 g/mol. The first-order valence-electron chi connectivity index (χ1n) is 6.47. The number of phenols is 1. The lowest BCUT2D eigenvalue weighted by Crippen LogP contribution is -2.34. The normalized spacial score (nSPS) is 13.1. The minimum atomic E-state index is -0.230. The maximum Gasteiger partial charge on any atom is 0.227 e. The van der Waals surface area contributed by atoms with Gasteiger partial charge in [-0.15, -0.1) is 0 Å². The summed E-state index contributed by atoms with van der Waals surface area (Å²) in [7, 11) is 1.67. The summed E-state index contributed by atoms with van der Waals surface area (Å²) in [6.07, 6.45) is 0.761. The summed E-state index contributed by atoms with van der Waals surface area (Å²) in [6, 6.07) is 6.71. The number of phenolic OH excluding ortho intramolecular Hbond substituents is 1. The van der Waals surface area contributed by atoms with Crippen molar-refractivity contribution < 1.29 is 14.6 Å². The van der Waals surface area contributed by atoms with E-state index in [0.29, 0.717) is 6.54 Å². The van der Waals surface area contributed by atoms with Crippen LogP contribution >= 0.6 is 0 Å². The zero-order valence-corrected chi connectivity index (χ0v) is 12.1. The Kier molecular flexibility index (Phi) is 5.36. The molecular formula is C15H23NO3. The predicted molar refractivity (Wildman–Crippen MR) is 75.2 cm³/mol. The molecule has 0 aromatic heterocycles. The summed E-state index contributed by atoms with van der Waals surface area (Å²) < 4.78 is 5.30. The number of nitrogens with one attached hydrogen (secondary N) is 1. The van der Waals surface area contributed by atoms with E-state index in [9.17, 15) is 9.90 Å². The molecule has 4 heteroatoms. The van der Waals surface area contributed by atoms with Gasteiger partial charge in [-0.1, -0.05) is 12.1 Å². The molecule has 1 amide bonds. The van der Waals surface area contributed by atoms with Crippen molar-refractivity contribution in [1.29, 1.82) is 0 Å². The summed E-state index contributed by atoms with van der Waals surface area (Å²) in [4.78, 5) is 12.0. The zero-order chi connectivity index (χ0) is 14.5. The highest BCUT2D eigenvalue weighted by atomic mass is 16.5. The van der Waals surface area contributed by atoms with Crippen LogP contribution in [-0.2, 0) is 9.53 Å². The van der Waals surface area contributed by atoms with E-state index >= 15 is 0 Å². The second-order valence-electron chi connectivity index (χ2n) is 5.32. The SMILES string of the molecule is COC(C)(C)CCNC(=O)[C@H](C)c1ccc(O)cc1. The topological polar surface area (TPSA) is 58.6 Å². The number of methoxy groups -OCH3 is 1. The molecule has 0 aliphatic carbocycles. The molecule has 1 aromatic rings. The quantitative estimate of drug-likeness (QED) is 0.830. The smallest absolute Gasteiger partial charge is 0.227 e. The van der Waals surface area contributed by atoms with E-state index in [1.165, 1.54) is 0 Å². The van der Waals surface area contributed by atoms with Crippen molar-refractivity contribution in [3.8, 4) is 5.75 Å². The lowest BCUT2D eigenvalue weighted by atomic mass is 10.00.